The number of hydrogen-bond acceptors (Lipinski definition) is 5. The molecule has 1 fully saturated rings. The Balaban J connectivity index is 1.63. The van der Waals surface area contributed by atoms with Crippen molar-refractivity contribution in [3.05, 3.63) is 64.7 Å². The van der Waals surface area contributed by atoms with Crippen LogP contribution in [0.2, 0.25) is 0 Å². The van der Waals surface area contributed by atoms with Gasteiger partial charge in [0.1, 0.15) is 6.61 Å². The van der Waals surface area contributed by atoms with Crippen LogP contribution in [-0.2, 0) is 6.18 Å². The summed E-state index contributed by atoms with van der Waals surface area (Å²) in [5, 5.41) is 0.817. The van der Waals surface area contributed by atoms with Crippen LogP contribution in [0, 0.1) is 0 Å². The Hall–Kier alpha value is -3.26. The summed E-state index contributed by atoms with van der Waals surface area (Å²) in [6.07, 6.45) is 1.59. The van der Waals surface area contributed by atoms with Crippen molar-refractivity contribution in [1.29, 1.82) is 0 Å². The molecular weight excluding hydrogens is 447 g/mol. The Bertz CT molecular complexity index is 1360. The summed E-state index contributed by atoms with van der Waals surface area (Å²) in [7, 11) is 0. The zero-order chi connectivity index (χ0) is 23.7. The van der Waals surface area contributed by atoms with Gasteiger partial charge in [0, 0.05) is 28.9 Å². The SMILES string of the molecule is O=c1ccc2c(-c3ccccc3C(F)(F)F)c3ccoc3c(OCCN3CCCCCC3)c2o1. The molecule has 0 bridgehead atoms. The van der Waals surface area contributed by atoms with Crippen LogP contribution in [0.5, 0.6) is 5.75 Å². The fraction of sp³-hybridized carbons (Fsp3) is 0.346. The lowest BCUT2D eigenvalue weighted by Gasteiger charge is -2.20. The van der Waals surface area contributed by atoms with Crippen molar-refractivity contribution < 1.29 is 26.7 Å². The summed E-state index contributed by atoms with van der Waals surface area (Å²) in [4.78, 5) is 14.4. The van der Waals surface area contributed by atoms with Crippen molar-refractivity contribution >= 4 is 21.9 Å². The Morgan fingerprint density at radius 2 is 1.65 bits per heavy atom. The van der Waals surface area contributed by atoms with Gasteiger partial charge >= 0.3 is 11.8 Å². The Kier molecular flexibility index (Phi) is 6.08. The second-order valence-corrected chi connectivity index (χ2v) is 8.51. The van der Waals surface area contributed by atoms with Gasteiger partial charge in [-0.2, -0.15) is 13.2 Å². The molecule has 1 saturated heterocycles. The number of fused-ring (bicyclic) bond motifs is 2. The van der Waals surface area contributed by atoms with Gasteiger partial charge in [-0.1, -0.05) is 31.0 Å². The summed E-state index contributed by atoms with van der Waals surface area (Å²) in [6.45, 7) is 3.03. The zero-order valence-electron chi connectivity index (χ0n) is 18.5. The third kappa shape index (κ3) is 4.30. The average Bonchev–Trinajstić information content (AvgIpc) is 3.14. The van der Waals surface area contributed by atoms with Gasteiger partial charge in [0.05, 0.1) is 11.8 Å². The number of nitrogens with zero attached hydrogens (tertiary/aromatic N) is 1. The molecule has 2 aromatic carbocycles. The van der Waals surface area contributed by atoms with Crippen LogP contribution in [0.1, 0.15) is 31.2 Å². The Morgan fingerprint density at radius 3 is 2.41 bits per heavy atom. The maximum absolute atomic E-state index is 13.8. The van der Waals surface area contributed by atoms with E-state index in [-0.39, 0.29) is 28.0 Å². The fourth-order valence-electron chi connectivity index (χ4n) is 4.72. The number of alkyl halides is 3. The van der Waals surface area contributed by atoms with E-state index in [1.807, 2.05) is 0 Å². The highest BCUT2D eigenvalue weighted by molar-refractivity contribution is 6.14. The molecular formula is C26H24F3NO4. The second kappa shape index (κ2) is 9.18. The first-order valence-corrected chi connectivity index (χ1v) is 11.4. The predicted octanol–water partition coefficient (Wildman–Crippen LogP) is 6.48. The van der Waals surface area contributed by atoms with Gasteiger partial charge in [-0.25, -0.2) is 4.79 Å². The van der Waals surface area contributed by atoms with Crippen molar-refractivity contribution in [3.63, 3.8) is 0 Å². The van der Waals surface area contributed by atoms with Crippen LogP contribution in [0.4, 0.5) is 13.2 Å². The van der Waals surface area contributed by atoms with Crippen LogP contribution in [0.15, 0.2) is 62.4 Å². The van der Waals surface area contributed by atoms with Gasteiger partial charge in [-0.15, -0.1) is 0 Å². The number of furan rings is 1. The molecule has 1 aliphatic rings. The molecule has 1 aliphatic heterocycles. The minimum absolute atomic E-state index is 0.0173. The van der Waals surface area contributed by atoms with Gasteiger partial charge in [-0.3, -0.25) is 4.90 Å². The van der Waals surface area contributed by atoms with Crippen LogP contribution in [0.3, 0.4) is 0 Å². The maximum Gasteiger partial charge on any atom is 0.417 e. The topological polar surface area (TPSA) is 55.8 Å². The molecule has 0 unspecified atom stereocenters. The predicted molar refractivity (Wildman–Crippen MR) is 123 cm³/mol. The quantitative estimate of drug-likeness (QED) is 0.312. The van der Waals surface area contributed by atoms with Gasteiger partial charge < -0.3 is 13.6 Å². The standard InChI is InChI=1S/C26H24F3NO4/c27-26(28,29)20-8-4-3-7-17(20)22-18-9-10-21(31)34-24(18)25(23-19(22)11-15-32-23)33-16-14-30-12-5-1-2-6-13-30/h3-4,7-11,15H,1-2,5-6,12-14,16H2. The first kappa shape index (κ1) is 22.5. The molecule has 0 saturated carbocycles. The lowest BCUT2D eigenvalue weighted by molar-refractivity contribution is -0.137. The summed E-state index contributed by atoms with van der Waals surface area (Å²) < 4.78 is 58.8. The highest BCUT2D eigenvalue weighted by atomic mass is 19.4. The van der Waals surface area contributed by atoms with E-state index in [1.54, 1.807) is 12.1 Å². The fourth-order valence-corrected chi connectivity index (χ4v) is 4.72. The van der Waals surface area contributed by atoms with Crippen molar-refractivity contribution in [2.24, 2.45) is 0 Å². The van der Waals surface area contributed by atoms with E-state index in [0.29, 0.717) is 23.9 Å². The van der Waals surface area contributed by atoms with E-state index in [9.17, 15) is 18.0 Å². The van der Waals surface area contributed by atoms with Crippen LogP contribution in [-0.4, -0.2) is 31.1 Å². The Morgan fingerprint density at radius 1 is 0.912 bits per heavy atom. The highest BCUT2D eigenvalue weighted by Gasteiger charge is 2.35. The molecule has 5 rings (SSSR count). The third-order valence-electron chi connectivity index (χ3n) is 6.30. The number of benzene rings is 2. The molecule has 0 radical (unpaired) electrons. The van der Waals surface area contributed by atoms with Crippen LogP contribution < -0.4 is 10.4 Å². The van der Waals surface area contributed by atoms with E-state index >= 15 is 0 Å². The van der Waals surface area contributed by atoms with E-state index < -0.39 is 17.4 Å². The van der Waals surface area contributed by atoms with Crippen molar-refractivity contribution in [1.82, 2.24) is 4.90 Å². The number of hydrogen-bond donors (Lipinski definition) is 0. The monoisotopic (exact) mass is 471 g/mol. The largest absolute Gasteiger partial charge is 0.485 e. The molecule has 2 aromatic heterocycles. The lowest BCUT2D eigenvalue weighted by atomic mass is 9.93. The smallest absolute Gasteiger partial charge is 0.417 e. The maximum atomic E-state index is 13.8. The molecule has 0 aliphatic carbocycles. The minimum atomic E-state index is -4.56. The number of likely N-dealkylation sites (tertiary alicyclic amines) is 1. The van der Waals surface area contributed by atoms with E-state index in [1.165, 1.54) is 43.4 Å². The van der Waals surface area contributed by atoms with Crippen molar-refractivity contribution in [2.45, 2.75) is 31.9 Å². The van der Waals surface area contributed by atoms with Crippen LogP contribution >= 0.6 is 0 Å². The molecule has 178 valence electrons. The molecule has 0 amide bonds. The Labute approximate surface area is 193 Å². The molecule has 4 aromatic rings. The number of halogens is 3. The molecule has 3 heterocycles. The molecule has 0 atom stereocenters. The van der Waals surface area contributed by atoms with Crippen molar-refractivity contribution in [2.75, 3.05) is 26.2 Å². The summed E-state index contributed by atoms with van der Waals surface area (Å²) in [6, 6.07) is 9.65. The van der Waals surface area contributed by atoms with Crippen LogP contribution in [0.25, 0.3) is 33.1 Å². The highest BCUT2D eigenvalue weighted by Crippen LogP contribution is 2.46. The first-order valence-electron chi connectivity index (χ1n) is 11.4. The average molecular weight is 471 g/mol. The summed E-state index contributed by atoms with van der Waals surface area (Å²) in [5.41, 5.74) is -0.792. The van der Waals surface area contributed by atoms with Gasteiger partial charge in [0.2, 0.25) is 5.75 Å². The molecule has 8 heteroatoms. The van der Waals surface area contributed by atoms with E-state index in [0.717, 1.165) is 32.0 Å². The van der Waals surface area contributed by atoms with E-state index in [2.05, 4.69) is 4.90 Å². The number of ether oxygens (including phenoxy) is 1. The first-order chi connectivity index (χ1) is 16.4. The van der Waals surface area contributed by atoms with Crippen molar-refractivity contribution in [3.8, 4) is 16.9 Å². The number of rotatable bonds is 5. The third-order valence-corrected chi connectivity index (χ3v) is 6.30. The summed E-state index contributed by atoms with van der Waals surface area (Å²) in [5.74, 6) is 0.232. The van der Waals surface area contributed by atoms with Gasteiger partial charge in [0.25, 0.3) is 0 Å². The van der Waals surface area contributed by atoms with E-state index in [4.69, 9.17) is 13.6 Å². The molecule has 0 N–H and O–H groups in total. The minimum Gasteiger partial charge on any atom is -0.485 e. The second-order valence-electron chi connectivity index (χ2n) is 8.51. The molecule has 0 spiro atoms. The molecule has 34 heavy (non-hydrogen) atoms. The lowest BCUT2D eigenvalue weighted by Crippen LogP contribution is -2.29. The summed E-state index contributed by atoms with van der Waals surface area (Å²) >= 11 is 0. The van der Waals surface area contributed by atoms with Gasteiger partial charge in [0.15, 0.2) is 11.2 Å². The zero-order valence-corrected chi connectivity index (χ0v) is 18.5. The normalized spacial score (nSPS) is 15.6. The molecule has 5 nitrogen and oxygen atoms in total. The van der Waals surface area contributed by atoms with Gasteiger partial charge in [-0.05, 0) is 49.7 Å².